The molecule has 0 radical (unpaired) electrons. The van der Waals surface area contributed by atoms with Gasteiger partial charge in [0, 0.05) is 31.2 Å². The quantitative estimate of drug-likeness (QED) is 0.845. The lowest BCUT2D eigenvalue weighted by molar-refractivity contribution is 0.634. The summed E-state index contributed by atoms with van der Waals surface area (Å²) in [6, 6.07) is 1.98. The van der Waals surface area contributed by atoms with Gasteiger partial charge in [-0.05, 0) is 12.3 Å². The van der Waals surface area contributed by atoms with Gasteiger partial charge in [-0.1, -0.05) is 13.8 Å². The average Bonchev–Trinajstić information content (AvgIpc) is 2.81. The Bertz CT molecular complexity index is 476. The number of hydrogen-bond acceptors (Lipinski definition) is 4. The molecule has 90 valence electrons. The van der Waals surface area contributed by atoms with E-state index in [-0.39, 0.29) is 0 Å². The first-order valence-electron chi connectivity index (χ1n) is 5.74. The Balaban J connectivity index is 2.38. The maximum atomic E-state index is 4.52. The molecular formula is C12H17N5. The molecule has 0 atom stereocenters. The fourth-order valence-electron chi connectivity index (χ4n) is 1.64. The highest BCUT2D eigenvalue weighted by Crippen LogP contribution is 2.16. The normalized spacial score (nSPS) is 10.8. The zero-order valence-corrected chi connectivity index (χ0v) is 10.4. The first-order valence-corrected chi connectivity index (χ1v) is 5.74. The predicted molar refractivity (Wildman–Crippen MR) is 67.7 cm³/mol. The molecule has 0 unspecified atom stereocenters. The predicted octanol–water partition coefficient (Wildman–Crippen LogP) is 2.11. The van der Waals surface area contributed by atoms with Crippen molar-refractivity contribution in [3.8, 4) is 11.6 Å². The molecular weight excluding hydrogens is 214 g/mol. The maximum absolute atomic E-state index is 4.52. The monoisotopic (exact) mass is 231 g/mol. The van der Waals surface area contributed by atoms with Crippen molar-refractivity contribution in [2.24, 2.45) is 5.92 Å². The smallest absolute Gasteiger partial charge is 0.197 e. The molecule has 5 heteroatoms. The summed E-state index contributed by atoms with van der Waals surface area (Å²) in [4.78, 5) is 16.1. The van der Waals surface area contributed by atoms with E-state index in [4.69, 9.17) is 0 Å². The van der Waals surface area contributed by atoms with Crippen LogP contribution in [0.4, 0.5) is 5.82 Å². The van der Waals surface area contributed by atoms with Crippen molar-refractivity contribution in [3.63, 3.8) is 0 Å². The van der Waals surface area contributed by atoms with Crippen molar-refractivity contribution in [3.05, 3.63) is 24.2 Å². The number of H-pyrrole nitrogens is 1. The third-order valence-electron chi connectivity index (χ3n) is 2.36. The van der Waals surface area contributed by atoms with Crippen molar-refractivity contribution in [2.45, 2.75) is 20.3 Å². The molecule has 0 saturated carbocycles. The number of nitrogens with zero attached hydrogens (tertiary/aromatic N) is 3. The van der Waals surface area contributed by atoms with E-state index in [0.29, 0.717) is 17.6 Å². The number of aromatic nitrogens is 4. The molecule has 0 aliphatic heterocycles. The van der Waals surface area contributed by atoms with Crippen LogP contribution in [-0.4, -0.2) is 27.0 Å². The second-order valence-electron chi connectivity index (χ2n) is 4.35. The minimum Gasteiger partial charge on any atom is -0.373 e. The largest absolute Gasteiger partial charge is 0.373 e. The van der Waals surface area contributed by atoms with Gasteiger partial charge in [0.1, 0.15) is 5.82 Å². The number of hydrogen-bond donors (Lipinski definition) is 2. The molecule has 0 aliphatic carbocycles. The van der Waals surface area contributed by atoms with Gasteiger partial charge in [0.2, 0.25) is 0 Å². The molecule has 17 heavy (non-hydrogen) atoms. The number of imidazole rings is 1. The molecule has 0 bridgehead atoms. The van der Waals surface area contributed by atoms with Gasteiger partial charge >= 0.3 is 0 Å². The van der Waals surface area contributed by atoms with Crippen LogP contribution in [0.2, 0.25) is 0 Å². The molecule has 2 rings (SSSR count). The van der Waals surface area contributed by atoms with Crippen LogP contribution in [0.5, 0.6) is 0 Å². The summed E-state index contributed by atoms with van der Waals surface area (Å²) in [5.41, 5.74) is 1.03. The van der Waals surface area contributed by atoms with E-state index in [9.17, 15) is 0 Å². The second kappa shape index (κ2) is 4.95. The van der Waals surface area contributed by atoms with E-state index >= 15 is 0 Å². The van der Waals surface area contributed by atoms with Gasteiger partial charge in [-0.15, -0.1) is 0 Å². The standard InChI is InChI=1S/C12H17N5/c1-8(2)6-9-7-10(13-3)17-12(16-9)11-14-4-5-15-11/h4-5,7-8H,6H2,1-3H3,(H,14,15)(H,13,16,17). The third kappa shape index (κ3) is 2.81. The molecule has 0 aromatic carbocycles. The second-order valence-corrected chi connectivity index (χ2v) is 4.35. The Morgan fingerprint density at radius 2 is 2.18 bits per heavy atom. The zero-order chi connectivity index (χ0) is 12.3. The molecule has 0 aliphatic rings. The number of nitrogens with one attached hydrogen (secondary N) is 2. The molecule has 2 aromatic heterocycles. The Hall–Kier alpha value is -1.91. The van der Waals surface area contributed by atoms with E-state index < -0.39 is 0 Å². The highest BCUT2D eigenvalue weighted by atomic mass is 15.1. The van der Waals surface area contributed by atoms with E-state index in [0.717, 1.165) is 17.9 Å². The van der Waals surface area contributed by atoms with Crippen molar-refractivity contribution >= 4 is 5.82 Å². The first-order chi connectivity index (χ1) is 8.19. The lowest BCUT2D eigenvalue weighted by Crippen LogP contribution is -2.04. The third-order valence-corrected chi connectivity index (χ3v) is 2.36. The number of aromatic amines is 1. The SMILES string of the molecule is CNc1cc(CC(C)C)nc(-c2ncc[nH]2)n1. The van der Waals surface area contributed by atoms with Crippen molar-refractivity contribution in [2.75, 3.05) is 12.4 Å². The van der Waals surface area contributed by atoms with E-state index in [1.165, 1.54) is 0 Å². The van der Waals surface area contributed by atoms with E-state index in [1.807, 2.05) is 13.1 Å². The van der Waals surface area contributed by atoms with Gasteiger partial charge in [0.25, 0.3) is 0 Å². The summed E-state index contributed by atoms with van der Waals surface area (Å²) < 4.78 is 0. The van der Waals surface area contributed by atoms with Crippen LogP contribution in [0, 0.1) is 5.92 Å². The van der Waals surface area contributed by atoms with Crippen molar-refractivity contribution in [1.29, 1.82) is 0 Å². The molecule has 0 saturated heterocycles. The van der Waals surface area contributed by atoms with Gasteiger partial charge in [-0.25, -0.2) is 15.0 Å². The van der Waals surface area contributed by atoms with Crippen molar-refractivity contribution < 1.29 is 0 Å². The molecule has 2 N–H and O–H groups in total. The van der Waals surface area contributed by atoms with E-state index in [1.54, 1.807) is 12.4 Å². The fraction of sp³-hybridized carbons (Fsp3) is 0.417. The minimum atomic E-state index is 0.569. The van der Waals surface area contributed by atoms with Crippen molar-refractivity contribution in [1.82, 2.24) is 19.9 Å². The fourth-order valence-corrected chi connectivity index (χ4v) is 1.64. The van der Waals surface area contributed by atoms with Gasteiger partial charge in [0.15, 0.2) is 11.6 Å². The van der Waals surface area contributed by atoms with Crippen LogP contribution >= 0.6 is 0 Å². The molecule has 2 aromatic rings. The Morgan fingerprint density at radius 1 is 1.35 bits per heavy atom. The van der Waals surface area contributed by atoms with Crippen LogP contribution in [0.15, 0.2) is 18.5 Å². The molecule has 0 spiro atoms. The highest BCUT2D eigenvalue weighted by molar-refractivity contribution is 5.48. The summed E-state index contributed by atoms with van der Waals surface area (Å²) in [5.74, 6) is 2.73. The van der Waals surface area contributed by atoms with Crippen LogP contribution in [0.25, 0.3) is 11.6 Å². The Labute approximate surface area is 101 Å². The number of anilines is 1. The average molecular weight is 231 g/mol. The van der Waals surface area contributed by atoms with Gasteiger partial charge in [-0.3, -0.25) is 0 Å². The first kappa shape index (κ1) is 11.6. The van der Waals surface area contributed by atoms with Gasteiger partial charge in [-0.2, -0.15) is 0 Å². The topological polar surface area (TPSA) is 66.5 Å². The Kier molecular flexibility index (Phi) is 3.37. The van der Waals surface area contributed by atoms with Gasteiger partial charge < -0.3 is 10.3 Å². The minimum absolute atomic E-state index is 0.569. The summed E-state index contributed by atoms with van der Waals surface area (Å²) in [6.07, 6.45) is 4.41. The van der Waals surface area contributed by atoms with Crippen LogP contribution < -0.4 is 5.32 Å². The van der Waals surface area contributed by atoms with Gasteiger partial charge in [0.05, 0.1) is 0 Å². The van der Waals surface area contributed by atoms with Crippen LogP contribution in [0.1, 0.15) is 19.5 Å². The lowest BCUT2D eigenvalue weighted by Gasteiger charge is -2.08. The van der Waals surface area contributed by atoms with Crippen LogP contribution in [-0.2, 0) is 6.42 Å². The molecule has 2 heterocycles. The van der Waals surface area contributed by atoms with Crippen LogP contribution in [0.3, 0.4) is 0 Å². The summed E-state index contributed by atoms with van der Waals surface area (Å²) in [6.45, 7) is 4.35. The Morgan fingerprint density at radius 3 is 2.76 bits per heavy atom. The maximum Gasteiger partial charge on any atom is 0.197 e. The zero-order valence-electron chi connectivity index (χ0n) is 10.4. The molecule has 0 amide bonds. The summed E-state index contributed by atoms with van der Waals surface area (Å²) in [5, 5.41) is 3.05. The van der Waals surface area contributed by atoms with E-state index in [2.05, 4.69) is 39.1 Å². The lowest BCUT2D eigenvalue weighted by atomic mass is 10.1. The molecule has 5 nitrogen and oxygen atoms in total. The molecule has 0 fully saturated rings. The number of rotatable bonds is 4. The summed E-state index contributed by atoms with van der Waals surface area (Å²) in [7, 11) is 1.85. The highest BCUT2D eigenvalue weighted by Gasteiger charge is 2.09. The summed E-state index contributed by atoms with van der Waals surface area (Å²) >= 11 is 0.